The zero-order chi connectivity index (χ0) is 23.6. The zero-order valence-corrected chi connectivity index (χ0v) is 18.5. The molecular weight excluding hydrogens is 443 g/mol. The minimum Gasteiger partial charge on any atom is -0.332 e. The predicted octanol–water partition coefficient (Wildman–Crippen LogP) is 4.50. The summed E-state index contributed by atoms with van der Waals surface area (Å²) in [6.45, 7) is 2.20. The van der Waals surface area contributed by atoms with Gasteiger partial charge in [0.15, 0.2) is 0 Å². The van der Waals surface area contributed by atoms with E-state index >= 15 is 0 Å². The van der Waals surface area contributed by atoms with Crippen molar-refractivity contribution in [2.24, 2.45) is 7.05 Å². The quantitative estimate of drug-likeness (QED) is 0.438. The SMILES string of the molecule is Cn1c2c(c3ccc(-n4ccc(-c5ccc(C(F)(F)F)nc5)cc4=O)nc31)C1CCCN1CC2. The molecule has 34 heavy (non-hydrogen) atoms. The number of alkyl halides is 3. The fourth-order valence-electron chi connectivity index (χ4n) is 5.43. The fraction of sp³-hybridized carbons (Fsp3) is 0.320. The van der Waals surface area contributed by atoms with E-state index in [-0.39, 0.29) is 5.56 Å². The number of nitrogens with zero attached hydrogens (tertiary/aromatic N) is 5. The number of rotatable bonds is 2. The first-order valence-corrected chi connectivity index (χ1v) is 11.3. The molecule has 2 aliphatic rings. The molecule has 4 aromatic heterocycles. The fourth-order valence-corrected chi connectivity index (χ4v) is 5.43. The van der Waals surface area contributed by atoms with Crippen LogP contribution in [0, 0.1) is 0 Å². The molecule has 0 aromatic carbocycles. The van der Waals surface area contributed by atoms with Crippen molar-refractivity contribution < 1.29 is 13.2 Å². The van der Waals surface area contributed by atoms with Crippen molar-refractivity contribution in [3.63, 3.8) is 0 Å². The Hall–Kier alpha value is -3.46. The summed E-state index contributed by atoms with van der Waals surface area (Å²) >= 11 is 0. The molecular formula is C25H22F3N5O. The zero-order valence-electron chi connectivity index (χ0n) is 18.5. The third-order valence-corrected chi connectivity index (χ3v) is 7.07. The molecule has 0 saturated carbocycles. The number of aromatic nitrogens is 4. The highest BCUT2D eigenvalue weighted by molar-refractivity contribution is 5.84. The van der Waals surface area contributed by atoms with Gasteiger partial charge in [0.2, 0.25) is 0 Å². The topological polar surface area (TPSA) is 56.0 Å². The highest BCUT2D eigenvalue weighted by atomic mass is 19.4. The molecule has 2 aliphatic heterocycles. The minimum atomic E-state index is -4.50. The van der Waals surface area contributed by atoms with Crippen LogP contribution in [0.2, 0.25) is 0 Å². The molecule has 0 aliphatic carbocycles. The first-order valence-electron chi connectivity index (χ1n) is 11.3. The molecule has 1 unspecified atom stereocenters. The summed E-state index contributed by atoms with van der Waals surface area (Å²) in [7, 11) is 2.03. The van der Waals surface area contributed by atoms with Crippen molar-refractivity contribution in [1.29, 1.82) is 0 Å². The van der Waals surface area contributed by atoms with Crippen molar-refractivity contribution >= 4 is 11.0 Å². The molecule has 4 aromatic rings. The lowest BCUT2D eigenvalue weighted by molar-refractivity contribution is -0.141. The second-order valence-electron chi connectivity index (χ2n) is 8.96. The molecule has 174 valence electrons. The van der Waals surface area contributed by atoms with Crippen LogP contribution in [0.5, 0.6) is 0 Å². The number of halogens is 3. The Morgan fingerprint density at radius 3 is 2.65 bits per heavy atom. The molecule has 6 rings (SSSR count). The van der Waals surface area contributed by atoms with Crippen LogP contribution in [0.4, 0.5) is 13.2 Å². The molecule has 1 fully saturated rings. The van der Waals surface area contributed by atoms with E-state index in [1.54, 1.807) is 12.3 Å². The van der Waals surface area contributed by atoms with E-state index in [0.717, 1.165) is 49.2 Å². The molecule has 6 heterocycles. The number of hydrogen-bond donors (Lipinski definition) is 0. The molecule has 6 nitrogen and oxygen atoms in total. The van der Waals surface area contributed by atoms with Crippen LogP contribution in [0.15, 0.2) is 53.6 Å². The molecule has 1 atom stereocenters. The van der Waals surface area contributed by atoms with Gasteiger partial charge in [0.05, 0.1) is 0 Å². The molecule has 0 spiro atoms. The van der Waals surface area contributed by atoms with Gasteiger partial charge in [0.1, 0.15) is 17.2 Å². The molecule has 0 N–H and O–H groups in total. The molecule has 1 saturated heterocycles. The summed E-state index contributed by atoms with van der Waals surface area (Å²) in [5.41, 5.74) is 3.21. The van der Waals surface area contributed by atoms with Crippen LogP contribution >= 0.6 is 0 Å². The van der Waals surface area contributed by atoms with E-state index in [1.165, 1.54) is 34.4 Å². The second kappa shape index (κ2) is 7.53. The Kier molecular flexibility index (Phi) is 4.67. The van der Waals surface area contributed by atoms with Gasteiger partial charge in [-0.1, -0.05) is 6.07 Å². The van der Waals surface area contributed by atoms with Crippen LogP contribution < -0.4 is 5.56 Å². The lowest BCUT2D eigenvalue weighted by atomic mass is 9.96. The van der Waals surface area contributed by atoms with Gasteiger partial charge in [-0.15, -0.1) is 0 Å². The lowest BCUT2D eigenvalue weighted by Crippen LogP contribution is -2.31. The Morgan fingerprint density at radius 2 is 1.91 bits per heavy atom. The van der Waals surface area contributed by atoms with E-state index in [4.69, 9.17) is 4.98 Å². The lowest BCUT2D eigenvalue weighted by Gasteiger charge is -2.30. The maximum absolute atomic E-state index is 12.9. The highest BCUT2D eigenvalue weighted by Gasteiger charge is 2.35. The predicted molar refractivity (Wildman–Crippen MR) is 122 cm³/mol. The summed E-state index contributed by atoms with van der Waals surface area (Å²) in [4.78, 5) is 23.8. The molecule has 0 amide bonds. The third-order valence-electron chi connectivity index (χ3n) is 7.07. The molecule has 9 heteroatoms. The number of fused-ring (bicyclic) bond motifs is 5. The van der Waals surface area contributed by atoms with Crippen molar-refractivity contribution in [2.45, 2.75) is 31.5 Å². The Labute approximate surface area is 193 Å². The van der Waals surface area contributed by atoms with Gasteiger partial charge in [-0.25, -0.2) is 4.98 Å². The van der Waals surface area contributed by atoms with E-state index in [9.17, 15) is 18.0 Å². The maximum Gasteiger partial charge on any atom is 0.433 e. The van der Waals surface area contributed by atoms with Crippen LogP contribution in [-0.2, 0) is 19.6 Å². The van der Waals surface area contributed by atoms with Crippen LogP contribution in [-0.4, -0.2) is 37.1 Å². The van der Waals surface area contributed by atoms with Crippen LogP contribution in [0.1, 0.15) is 35.8 Å². The highest BCUT2D eigenvalue weighted by Crippen LogP contribution is 2.42. The van der Waals surface area contributed by atoms with Gasteiger partial charge in [0, 0.05) is 61.2 Å². The summed E-state index contributed by atoms with van der Waals surface area (Å²) in [5.74, 6) is 0.510. The van der Waals surface area contributed by atoms with Crippen molar-refractivity contribution in [2.75, 3.05) is 13.1 Å². The Balaban J connectivity index is 1.37. The van der Waals surface area contributed by atoms with Crippen LogP contribution in [0.25, 0.3) is 28.0 Å². The third kappa shape index (κ3) is 3.26. The van der Waals surface area contributed by atoms with E-state index in [1.807, 2.05) is 13.1 Å². The maximum atomic E-state index is 12.9. The standard InChI is InChI=1S/C25H22F3N5O/c1-31-18-9-11-32-10-2-3-19(32)23(18)17-5-7-21(30-24(17)31)33-12-8-15(13-22(33)34)16-4-6-20(29-14-16)25(26,27)28/h4-8,12-14,19H,2-3,9-11H2,1H3. The van der Waals surface area contributed by atoms with Crippen molar-refractivity contribution in [1.82, 2.24) is 24.0 Å². The van der Waals surface area contributed by atoms with Gasteiger partial charge < -0.3 is 4.57 Å². The van der Waals surface area contributed by atoms with E-state index in [2.05, 4.69) is 20.5 Å². The van der Waals surface area contributed by atoms with Gasteiger partial charge in [0.25, 0.3) is 5.56 Å². The summed E-state index contributed by atoms with van der Waals surface area (Å²) in [6, 6.07) is 9.67. The van der Waals surface area contributed by atoms with E-state index in [0.29, 0.717) is 23.0 Å². The number of hydrogen-bond acceptors (Lipinski definition) is 4. The number of pyridine rings is 3. The van der Waals surface area contributed by atoms with Crippen molar-refractivity contribution in [3.05, 3.63) is 76.1 Å². The summed E-state index contributed by atoms with van der Waals surface area (Å²) in [5, 5.41) is 1.14. The molecule has 0 radical (unpaired) electrons. The first-order chi connectivity index (χ1) is 16.3. The smallest absolute Gasteiger partial charge is 0.332 e. The molecule has 0 bridgehead atoms. The first kappa shape index (κ1) is 21.1. The monoisotopic (exact) mass is 465 g/mol. The van der Waals surface area contributed by atoms with Crippen molar-refractivity contribution in [3.8, 4) is 16.9 Å². The van der Waals surface area contributed by atoms with E-state index < -0.39 is 11.9 Å². The van der Waals surface area contributed by atoms with Crippen LogP contribution in [0.3, 0.4) is 0 Å². The van der Waals surface area contributed by atoms with Gasteiger partial charge in [-0.2, -0.15) is 13.2 Å². The summed E-state index contributed by atoms with van der Waals surface area (Å²) in [6.07, 6.45) is 1.59. The van der Waals surface area contributed by atoms with Gasteiger partial charge in [-0.05, 0) is 54.8 Å². The average molecular weight is 465 g/mol. The summed E-state index contributed by atoms with van der Waals surface area (Å²) < 4.78 is 41.9. The Morgan fingerprint density at radius 1 is 1.06 bits per heavy atom. The second-order valence-corrected chi connectivity index (χ2v) is 8.96. The van der Waals surface area contributed by atoms with Gasteiger partial charge in [-0.3, -0.25) is 19.2 Å². The van der Waals surface area contributed by atoms with Gasteiger partial charge >= 0.3 is 6.18 Å². The normalized spacial score (nSPS) is 18.3. The number of aryl methyl sites for hydroxylation is 1. The average Bonchev–Trinajstić information content (AvgIpc) is 3.41. The largest absolute Gasteiger partial charge is 0.433 e. The Bertz CT molecular complexity index is 1470. The minimum absolute atomic E-state index is 0.315.